The smallest absolute Gasteiger partial charge is 0.162 e. The molecule has 4 rings (SSSR count). The Morgan fingerprint density at radius 2 is 1.72 bits per heavy atom. The highest BCUT2D eigenvalue weighted by molar-refractivity contribution is 6.30. The predicted molar refractivity (Wildman–Crippen MR) is 97.5 cm³/mol. The second kappa shape index (κ2) is 6.45. The maximum Gasteiger partial charge on any atom is 0.162 e. The van der Waals surface area contributed by atoms with Gasteiger partial charge in [-0.25, -0.2) is 14.4 Å². The second-order valence-corrected chi connectivity index (χ2v) is 5.83. The van der Waals surface area contributed by atoms with E-state index in [9.17, 15) is 4.39 Å². The molecule has 0 aliphatic heterocycles. The fourth-order valence-corrected chi connectivity index (χ4v) is 2.69. The van der Waals surface area contributed by atoms with Crippen LogP contribution in [0, 0.1) is 5.82 Å². The number of pyridine rings is 1. The minimum atomic E-state index is -0.405. The van der Waals surface area contributed by atoms with Crippen LogP contribution in [0.2, 0.25) is 5.02 Å². The van der Waals surface area contributed by atoms with E-state index in [4.69, 9.17) is 11.6 Å². The van der Waals surface area contributed by atoms with Crippen molar-refractivity contribution in [3.05, 3.63) is 77.8 Å². The lowest BCUT2D eigenvalue weighted by Gasteiger charge is -2.12. The van der Waals surface area contributed by atoms with Gasteiger partial charge in [-0.3, -0.25) is 4.98 Å². The Hall–Kier alpha value is -3.05. The minimum Gasteiger partial charge on any atom is -0.337 e. The van der Waals surface area contributed by atoms with Crippen molar-refractivity contribution < 1.29 is 4.39 Å². The van der Waals surface area contributed by atoms with Gasteiger partial charge in [0.05, 0.1) is 11.2 Å². The highest BCUT2D eigenvalue weighted by Gasteiger charge is 2.11. The van der Waals surface area contributed by atoms with Crippen LogP contribution in [0.4, 0.5) is 15.9 Å². The van der Waals surface area contributed by atoms with Gasteiger partial charge in [-0.2, -0.15) is 0 Å². The Balaban J connectivity index is 1.88. The molecule has 0 amide bonds. The Morgan fingerprint density at radius 1 is 0.920 bits per heavy atom. The zero-order valence-corrected chi connectivity index (χ0v) is 13.7. The molecule has 4 aromatic rings. The SMILES string of the molecule is Fc1ccc(Cl)cc1Nc1nc(-c2ccncc2)nc2ccccc12. The zero-order valence-electron chi connectivity index (χ0n) is 12.9. The van der Waals surface area contributed by atoms with Crippen LogP contribution in [0.1, 0.15) is 0 Å². The van der Waals surface area contributed by atoms with Crippen LogP contribution in [0.15, 0.2) is 67.0 Å². The summed E-state index contributed by atoms with van der Waals surface area (Å²) in [5.41, 5.74) is 1.85. The van der Waals surface area contributed by atoms with E-state index in [2.05, 4.69) is 20.3 Å². The number of hydrogen-bond acceptors (Lipinski definition) is 4. The molecule has 25 heavy (non-hydrogen) atoms. The van der Waals surface area contributed by atoms with Crippen molar-refractivity contribution in [2.45, 2.75) is 0 Å². The van der Waals surface area contributed by atoms with Crippen LogP contribution < -0.4 is 5.32 Å². The maximum atomic E-state index is 14.1. The molecule has 0 fully saturated rings. The molecule has 0 unspecified atom stereocenters. The van der Waals surface area contributed by atoms with Gasteiger partial charge in [0.15, 0.2) is 5.82 Å². The third-order valence-electron chi connectivity index (χ3n) is 3.72. The first-order valence-electron chi connectivity index (χ1n) is 7.60. The van der Waals surface area contributed by atoms with Crippen LogP contribution in [-0.2, 0) is 0 Å². The first-order chi connectivity index (χ1) is 12.2. The quantitative estimate of drug-likeness (QED) is 0.549. The monoisotopic (exact) mass is 350 g/mol. The number of nitrogens with zero attached hydrogens (tertiary/aromatic N) is 3. The zero-order chi connectivity index (χ0) is 17.2. The number of halogens is 2. The molecular weight excluding hydrogens is 339 g/mol. The van der Waals surface area contributed by atoms with Crippen molar-refractivity contribution in [1.29, 1.82) is 0 Å². The molecule has 4 nitrogen and oxygen atoms in total. The molecule has 6 heteroatoms. The van der Waals surface area contributed by atoms with Gasteiger partial charge in [0, 0.05) is 28.4 Å². The molecule has 0 radical (unpaired) electrons. The van der Waals surface area contributed by atoms with Gasteiger partial charge in [0.2, 0.25) is 0 Å². The summed E-state index contributed by atoms with van der Waals surface area (Å²) >= 11 is 5.98. The topological polar surface area (TPSA) is 50.7 Å². The first kappa shape index (κ1) is 15.5. The summed E-state index contributed by atoms with van der Waals surface area (Å²) in [5.74, 6) is 0.641. The molecule has 0 aliphatic carbocycles. The van der Waals surface area contributed by atoms with Crippen molar-refractivity contribution >= 4 is 34.0 Å². The number of nitrogens with one attached hydrogen (secondary N) is 1. The van der Waals surface area contributed by atoms with Crippen LogP contribution in [0.5, 0.6) is 0 Å². The van der Waals surface area contributed by atoms with Gasteiger partial charge in [-0.05, 0) is 42.5 Å². The molecule has 1 N–H and O–H groups in total. The van der Waals surface area contributed by atoms with E-state index in [0.717, 1.165) is 16.5 Å². The average molecular weight is 351 g/mol. The van der Waals surface area contributed by atoms with Crippen molar-refractivity contribution in [2.24, 2.45) is 0 Å². The molecule has 0 spiro atoms. The van der Waals surface area contributed by atoms with Gasteiger partial charge in [0.1, 0.15) is 11.6 Å². The largest absolute Gasteiger partial charge is 0.337 e. The molecule has 0 aliphatic rings. The third kappa shape index (κ3) is 3.14. The molecule has 0 saturated heterocycles. The number of aromatic nitrogens is 3. The van der Waals surface area contributed by atoms with E-state index >= 15 is 0 Å². The summed E-state index contributed by atoms with van der Waals surface area (Å²) in [6.45, 7) is 0. The van der Waals surface area contributed by atoms with Crippen LogP contribution in [0.25, 0.3) is 22.3 Å². The normalized spacial score (nSPS) is 10.8. The molecule has 2 aromatic carbocycles. The van der Waals surface area contributed by atoms with Gasteiger partial charge in [0.25, 0.3) is 0 Å². The molecule has 0 atom stereocenters. The predicted octanol–water partition coefficient (Wildman–Crippen LogP) is 5.23. The van der Waals surface area contributed by atoms with Crippen LogP contribution >= 0.6 is 11.6 Å². The number of hydrogen-bond donors (Lipinski definition) is 1. The van der Waals surface area contributed by atoms with Gasteiger partial charge < -0.3 is 5.32 Å². The van der Waals surface area contributed by atoms with Gasteiger partial charge >= 0.3 is 0 Å². The highest BCUT2D eigenvalue weighted by atomic mass is 35.5. The van der Waals surface area contributed by atoms with E-state index in [-0.39, 0.29) is 5.69 Å². The van der Waals surface area contributed by atoms with E-state index in [1.165, 1.54) is 18.2 Å². The summed E-state index contributed by atoms with van der Waals surface area (Å²) < 4.78 is 14.1. The number of benzene rings is 2. The molecular formula is C19H12ClFN4. The summed E-state index contributed by atoms with van der Waals surface area (Å²) in [6, 6.07) is 15.6. The highest BCUT2D eigenvalue weighted by Crippen LogP contribution is 2.29. The van der Waals surface area contributed by atoms with E-state index in [1.54, 1.807) is 12.4 Å². The Labute approximate surface area is 148 Å². The molecule has 2 aromatic heterocycles. The lowest BCUT2D eigenvalue weighted by atomic mass is 10.2. The Kier molecular flexibility index (Phi) is 3.99. The maximum absolute atomic E-state index is 14.1. The third-order valence-corrected chi connectivity index (χ3v) is 3.96. The lowest BCUT2D eigenvalue weighted by molar-refractivity contribution is 0.632. The summed E-state index contributed by atoms with van der Waals surface area (Å²) in [4.78, 5) is 13.2. The van der Waals surface area contributed by atoms with Crippen molar-refractivity contribution in [1.82, 2.24) is 15.0 Å². The first-order valence-corrected chi connectivity index (χ1v) is 7.98. The molecule has 0 bridgehead atoms. The van der Waals surface area contributed by atoms with Crippen molar-refractivity contribution in [2.75, 3.05) is 5.32 Å². The van der Waals surface area contributed by atoms with E-state index in [1.807, 2.05) is 36.4 Å². The van der Waals surface area contributed by atoms with E-state index < -0.39 is 5.82 Å². The van der Waals surface area contributed by atoms with Gasteiger partial charge in [-0.1, -0.05) is 23.7 Å². The summed E-state index contributed by atoms with van der Waals surface area (Å²) in [5, 5.41) is 4.27. The lowest BCUT2D eigenvalue weighted by Crippen LogP contribution is -2.01. The van der Waals surface area contributed by atoms with Gasteiger partial charge in [-0.15, -0.1) is 0 Å². The second-order valence-electron chi connectivity index (χ2n) is 5.40. The number of anilines is 2. The summed E-state index contributed by atoms with van der Waals surface area (Å²) in [6.07, 6.45) is 3.36. The van der Waals surface area contributed by atoms with E-state index in [0.29, 0.717) is 16.7 Å². The van der Waals surface area contributed by atoms with Crippen molar-refractivity contribution in [3.8, 4) is 11.4 Å². The van der Waals surface area contributed by atoms with Crippen LogP contribution in [0.3, 0.4) is 0 Å². The fraction of sp³-hybridized carbons (Fsp3) is 0. The van der Waals surface area contributed by atoms with Crippen molar-refractivity contribution in [3.63, 3.8) is 0 Å². The number of fused-ring (bicyclic) bond motifs is 1. The Bertz CT molecular complexity index is 1050. The minimum absolute atomic E-state index is 0.261. The Morgan fingerprint density at radius 3 is 2.56 bits per heavy atom. The summed E-state index contributed by atoms with van der Waals surface area (Å²) in [7, 11) is 0. The number of para-hydroxylation sites is 1. The molecule has 0 saturated carbocycles. The fourth-order valence-electron chi connectivity index (χ4n) is 2.52. The number of rotatable bonds is 3. The molecule has 2 heterocycles. The standard InChI is InChI=1S/C19H12ClFN4/c20-13-5-6-15(21)17(11-13)24-19-14-3-1-2-4-16(14)23-18(25-19)12-7-9-22-10-8-12/h1-11H,(H,23,24,25). The van der Waals surface area contributed by atoms with Crippen LogP contribution in [-0.4, -0.2) is 15.0 Å². The average Bonchev–Trinajstić information content (AvgIpc) is 2.65. The molecule has 122 valence electrons.